The summed E-state index contributed by atoms with van der Waals surface area (Å²) in [6.07, 6.45) is 0.305. The molecule has 5 heteroatoms. The zero-order valence-corrected chi connectivity index (χ0v) is 14.7. The minimum atomic E-state index is -0.714. The van der Waals surface area contributed by atoms with Crippen LogP contribution >= 0.6 is 0 Å². The second kappa shape index (κ2) is 10.7. The van der Waals surface area contributed by atoms with Crippen LogP contribution in [0.2, 0.25) is 0 Å². The number of hydrogen-bond acceptors (Lipinski definition) is 5. The molecule has 0 saturated carbocycles. The molecule has 0 aliphatic heterocycles. The smallest absolute Gasteiger partial charge is 0.352 e. The largest absolute Gasteiger partial charge is 0.460 e. The van der Waals surface area contributed by atoms with Crippen molar-refractivity contribution in [3.8, 4) is 11.8 Å². The van der Waals surface area contributed by atoms with Gasteiger partial charge in [-0.25, -0.2) is 4.79 Å². The van der Waals surface area contributed by atoms with Crippen LogP contribution in [0.1, 0.15) is 12.5 Å². The van der Waals surface area contributed by atoms with Gasteiger partial charge in [-0.3, -0.25) is 0 Å². The molecule has 0 heterocycles. The Hall–Kier alpha value is -3.10. The van der Waals surface area contributed by atoms with Crippen molar-refractivity contribution in [1.82, 2.24) is 0 Å². The first-order valence-corrected chi connectivity index (χ1v) is 8.39. The van der Waals surface area contributed by atoms with Crippen LogP contribution in [0, 0.1) is 11.3 Å². The molecule has 2 aromatic rings. The number of nitriles is 1. The number of esters is 1. The van der Waals surface area contributed by atoms with Crippen LogP contribution in [0.25, 0.3) is 0 Å². The molecule has 0 radical (unpaired) electrons. The molecule has 0 amide bonds. The molecule has 0 bridgehead atoms. The van der Waals surface area contributed by atoms with Gasteiger partial charge in [0.15, 0.2) is 5.57 Å². The quantitative estimate of drug-likeness (QED) is 0.227. The van der Waals surface area contributed by atoms with Crippen LogP contribution in [0.15, 0.2) is 72.0 Å². The predicted molar refractivity (Wildman–Crippen MR) is 97.3 cm³/mol. The Bertz CT molecular complexity index is 720. The third kappa shape index (κ3) is 6.08. The summed E-state index contributed by atoms with van der Waals surface area (Å²) in [7, 11) is 0. The maximum absolute atomic E-state index is 12.3. The van der Waals surface area contributed by atoms with Crippen molar-refractivity contribution < 1.29 is 19.0 Å². The molecule has 2 rings (SSSR count). The summed E-state index contributed by atoms with van der Waals surface area (Å²) in [6, 6.07) is 20.5. The number of carbonyl (C=O) groups is 1. The zero-order chi connectivity index (χ0) is 18.6. The highest BCUT2D eigenvalue weighted by Crippen LogP contribution is 2.20. The highest BCUT2D eigenvalue weighted by molar-refractivity contribution is 5.93. The van der Waals surface area contributed by atoms with Crippen molar-refractivity contribution in [1.29, 1.82) is 5.26 Å². The second-order valence-corrected chi connectivity index (χ2v) is 5.32. The summed E-state index contributed by atoms with van der Waals surface area (Å²) < 4.78 is 16.1. The lowest BCUT2D eigenvalue weighted by molar-refractivity contribution is -0.140. The Labute approximate surface area is 153 Å². The van der Waals surface area contributed by atoms with Crippen molar-refractivity contribution in [3.05, 3.63) is 77.6 Å². The first-order chi connectivity index (χ1) is 12.7. The van der Waals surface area contributed by atoms with Gasteiger partial charge >= 0.3 is 5.97 Å². The van der Waals surface area contributed by atoms with Crippen LogP contribution in [0.5, 0.6) is 5.75 Å². The third-order valence-corrected chi connectivity index (χ3v) is 3.45. The second-order valence-electron chi connectivity index (χ2n) is 5.32. The van der Waals surface area contributed by atoms with E-state index in [1.165, 1.54) is 0 Å². The van der Waals surface area contributed by atoms with Crippen LogP contribution in [-0.2, 0) is 20.7 Å². The monoisotopic (exact) mass is 351 g/mol. The van der Waals surface area contributed by atoms with E-state index in [4.69, 9.17) is 14.2 Å². The van der Waals surface area contributed by atoms with Gasteiger partial charge in [0.05, 0.1) is 6.61 Å². The number of nitrogens with zero attached hydrogens (tertiary/aromatic N) is 1. The van der Waals surface area contributed by atoms with Gasteiger partial charge in [-0.05, 0) is 24.6 Å². The van der Waals surface area contributed by atoms with Crippen molar-refractivity contribution in [2.24, 2.45) is 0 Å². The average molecular weight is 351 g/mol. The van der Waals surface area contributed by atoms with Crippen LogP contribution in [0.4, 0.5) is 0 Å². The van der Waals surface area contributed by atoms with Gasteiger partial charge in [-0.1, -0.05) is 48.5 Å². The standard InChI is InChI=1S/C21H21NO4/c1-2-24-13-14-25-21(23)19(16-22)20(15-17-9-5-3-6-10-17)26-18-11-7-4-8-12-18/h3-12H,2,13-15H2,1H3. The van der Waals surface area contributed by atoms with E-state index in [-0.39, 0.29) is 24.5 Å². The summed E-state index contributed by atoms with van der Waals surface area (Å²) in [4.78, 5) is 12.3. The molecule has 26 heavy (non-hydrogen) atoms. The normalized spacial score (nSPS) is 11.2. The zero-order valence-electron chi connectivity index (χ0n) is 14.7. The minimum Gasteiger partial charge on any atom is -0.460 e. The number of hydrogen-bond donors (Lipinski definition) is 0. The lowest BCUT2D eigenvalue weighted by Crippen LogP contribution is -2.16. The van der Waals surface area contributed by atoms with E-state index in [0.717, 1.165) is 5.56 Å². The average Bonchev–Trinajstić information content (AvgIpc) is 2.67. The molecule has 0 fully saturated rings. The van der Waals surface area contributed by atoms with Crippen molar-refractivity contribution in [3.63, 3.8) is 0 Å². The van der Waals surface area contributed by atoms with Crippen molar-refractivity contribution in [2.75, 3.05) is 19.8 Å². The molecule has 0 N–H and O–H groups in total. The SMILES string of the molecule is CCOCCOC(=O)C(C#N)=C(Cc1ccccc1)Oc1ccccc1. The Morgan fingerprint density at radius 2 is 1.65 bits per heavy atom. The van der Waals surface area contributed by atoms with E-state index < -0.39 is 5.97 Å². The number of para-hydroxylation sites is 1. The van der Waals surface area contributed by atoms with Gasteiger partial charge in [0.1, 0.15) is 24.2 Å². The summed E-state index contributed by atoms with van der Waals surface area (Å²) in [6.45, 7) is 2.76. The Morgan fingerprint density at radius 3 is 2.27 bits per heavy atom. The number of benzene rings is 2. The number of carbonyl (C=O) groups excluding carboxylic acids is 1. The van der Waals surface area contributed by atoms with E-state index >= 15 is 0 Å². The molecular formula is C21H21NO4. The van der Waals surface area contributed by atoms with Crippen LogP contribution < -0.4 is 4.74 Å². The molecule has 0 aliphatic carbocycles. The molecular weight excluding hydrogens is 330 g/mol. The fourth-order valence-electron chi connectivity index (χ4n) is 2.22. The highest BCUT2D eigenvalue weighted by atomic mass is 16.6. The summed E-state index contributed by atoms with van der Waals surface area (Å²) in [5.41, 5.74) is 0.780. The first kappa shape index (κ1) is 19.2. The van der Waals surface area contributed by atoms with E-state index in [1.807, 2.05) is 61.5 Å². The van der Waals surface area contributed by atoms with Crippen LogP contribution in [-0.4, -0.2) is 25.8 Å². The van der Waals surface area contributed by atoms with Crippen molar-refractivity contribution >= 4 is 5.97 Å². The first-order valence-electron chi connectivity index (χ1n) is 8.39. The molecule has 0 spiro atoms. The lowest BCUT2D eigenvalue weighted by Gasteiger charge is -2.13. The molecule has 0 atom stereocenters. The predicted octanol–water partition coefficient (Wildman–Crippen LogP) is 3.67. The topological polar surface area (TPSA) is 68.5 Å². The maximum atomic E-state index is 12.3. The molecule has 2 aromatic carbocycles. The molecule has 0 saturated heterocycles. The number of ether oxygens (including phenoxy) is 3. The van der Waals surface area contributed by atoms with Gasteiger partial charge in [-0.15, -0.1) is 0 Å². The Kier molecular flexibility index (Phi) is 7.91. The summed E-state index contributed by atoms with van der Waals surface area (Å²) in [5, 5.41) is 9.51. The van der Waals surface area contributed by atoms with Crippen LogP contribution in [0.3, 0.4) is 0 Å². The third-order valence-electron chi connectivity index (χ3n) is 3.45. The summed E-state index contributed by atoms with van der Waals surface area (Å²) in [5.74, 6) is 0.0914. The molecule has 0 aromatic heterocycles. The molecule has 0 aliphatic rings. The van der Waals surface area contributed by atoms with Gasteiger partial charge < -0.3 is 14.2 Å². The fraction of sp³-hybridized carbons (Fsp3) is 0.238. The lowest BCUT2D eigenvalue weighted by atomic mass is 10.1. The maximum Gasteiger partial charge on any atom is 0.352 e. The highest BCUT2D eigenvalue weighted by Gasteiger charge is 2.19. The van der Waals surface area contributed by atoms with E-state index in [1.54, 1.807) is 12.1 Å². The van der Waals surface area contributed by atoms with Gasteiger partial charge in [-0.2, -0.15) is 5.26 Å². The van der Waals surface area contributed by atoms with Gasteiger partial charge in [0.2, 0.25) is 0 Å². The molecule has 0 unspecified atom stereocenters. The molecule has 134 valence electrons. The Balaban J connectivity index is 2.24. The summed E-state index contributed by atoms with van der Waals surface area (Å²) >= 11 is 0. The fourth-order valence-corrected chi connectivity index (χ4v) is 2.22. The number of allylic oxidation sites excluding steroid dienone is 1. The number of rotatable bonds is 9. The molecule has 5 nitrogen and oxygen atoms in total. The van der Waals surface area contributed by atoms with Crippen molar-refractivity contribution in [2.45, 2.75) is 13.3 Å². The minimum absolute atomic E-state index is 0.0851. The van der Waals surface area contributed by atoms with Gasteiger partial charge in [0, 0.05) is 13.0 Å². The van der Waals surface area contributed by atoms with E-state index in [9.17, 15) is 10.1 Å². The van der Waals surface area contributed by atoms with E-state index in [2.05, 4.69) is 0 Å². The van der Waals surface area contributed by atoms with E-state index in [0.29, 0.717) is 18.8 Å². The Morgan fingerprint density at radius 1 is 1.00 bits per heavy atom. The van der Waals surface area contributed by atoms with Gasteiger partial charge in [0.25, 0.3) is 0 Å².